The molecule has 18 heavy (non-hydrogen) atoms. The molecule has 0 saturated heterocycles. The van der Waals surface area contributed by atoms with Crippen LogP contribution < -0.4 is 4.74 Å². The summed E-state index contributed by atoms with van der Waals surface area (Å²) >= 11 is 0. The molecular weight excluding hydrogens is 236 g/mol. The number of esters is 1. The number of hydrogen-bond donors (Lipinski definition) is 0. The van der Waals surface area contributed by atoms with Crippen molar-refractivity contribution in [1.82, 2.24) is 0 Å². The van der Waals surface area contributed by atoms with Gasteiger partial charge in [-0.15, -0.1) is 0 Å². The summed E-state index contributed by atoms with van der Waals surface area (Å²) in [5.74, 6) is -1.04. The third kappa shape index (κ3) is 3.30. The average Bonchev–Trinajstić information content (AvgIpc) is 2.39. The van der Waals surface area contributed by atoms with Crippen LogP contribution in [0.25, 0.3) is 0 Å². The van der Waals surface area contributed by atoms with Gasteiger partial charge in [0.15, 0.2) is 0 Å². The minimum Gasteiger partial charge on any atom is -0.496 e. The minimum atomic E-state index is -0.862. The first-order valence-electron chi connectivity index (χ1n) is 5.51. The molecule has 0 N–H and O–H groups in total. The minimum absolute atomic E-state index is 0.170. The fourth-order valence-electron chi connectivity index (χ4n) is 1.48. The molecule has 1 aromatic rings. The zero-order valence-electron chi connectivity index (χ0n) is 10.7. The Kier molecular flexibility index (Phi) is 5.32. The van der Waals surface area contributed by atoms with Gasteiger partial charge in [-0.1, -0.05) is 12.1 Å². The van der Waals surface area contributed by atoms with Crippen molar-refractivity contribution in [2.45, 2.75) is 13.5 Å². The summed E-state index contributed by atoms with van der Waals surface area (Å²) in [5, 5.41) is 0. The zero-order chi connectivity index (χ0) is 13.5. The summed E-state index contributed by atoms with van der Waals surface area (Å²) in [6.45, 7) is 2.19. The largest absolute Gasteiger partial charge is 0.496 e. The molecule has 5 heteroatoms. The highest BCUT2D eigenvalue weighted by Crippen LogP contribution is 2.21. The van der Waals surface area contributed by atoms with Gasteiger partial charge in [0.2, 0.25) is 0 Å². The van der Waals surface area contributed by atoms with Gasteiger partial charge in [0.1, 0.15) is 5.75 Å². The molecule has 0 amide bonds. The van der Waals surface area contributed by atoms with Crippen LogP contribution in [0.4, 0.5) is 0 Å². The lowest BCUT2D eigenvalue weighted by atomic mass is 10.1. The smallest absolute Gasteiger partial charge is 0.379 e. The Morgan fingerprint density at radius 1 is 1.22 bits per heavy atom. The Bertz CT molecular complexity index is 439. The first-order chi connectivity index (χ1) is 8.63. The summed E-state index contributed by atoms with van der Waals surface area (Å²) in [5.41, 5.74) is 1.05. The Morgan fingerprint density at radius 2 is 1.94 bits per heavy atom. The van der Waals surface area contributed by atoms with Crippen LogP contribution in [0.5, 0.6) is 5.75 Å². The number of carbonyl (C=O) groups excluding carboxylic acids is 2. The molecule has 0 fully saturated rings. The van der Waals surface area contributed by atoms with Crippen molar-refractivity contribution in [2.24, 2.45) is 0 Å². The van der Waals surface area contributed by atoms with Crippen LogP contribution in [0, 0.1) is 0 Å². The molecule has 1 aromatic carbocycles. The molecular formula is C13H16O5. The number of ketones is 1. The Hall–Kier alpha value is -1.88. The maximum absolute atomic E-state index is 11.7. The number of rotatable bonds is 6. The number of methoxy groups -OCH3 is 2. The third-order valence-corrected chi connectivity index (χ3v) is 2.31. The van der Waals surface area contributed by atoms with E-state index in [0.29, 0.717) is 12.4 Å². The lowest BCUT2D eigenvalue weighted by molar-refractivity contribution is -0.137. The molecule has 0 aliphatic heterocycles. The predicted octanol–water partition coefficient (Wildman–Crippen LogP) is 1.59. The zero-order valence-corrected chi connectivity index (χ0v) is 10.7. The van der Waals surface area contributed by atoms with Crippen molar-refractivity contribution in [3.63, 3.8) is 0 Å². The number of ether oxygens (including phenoxy) is 3. The van der Waals surface area contributed by atoms with Gasteiger partial charge >= 0.3 is 5.97 Å². The van der Waals surface area contributed by atoms with Crippen LogP contribution in [0.15, 0.2) is 18.2 Å². The van der Waals surface area contributed by atoms with Gasteiger partial charge in [-0.3, -0.25) is 4.79 Å². The summed E-state index contributed by atoms with van der Waals surface area (Å²) in [6, 6.07) is 4.75. The highest BCUT2D eigenvalue weighted by Gasteiger charge is 2.18. The summed E-state index contributed by atoms with van der Waals surface area (Å²) in [7, 11) is 3.06. The molecule has 0 aliphatic carbocycles. The number of hydrogen-bond acceptors (Lipinski definition) is 5. The quantitative estimate of drug-likeness (QED) is 0.437. The predicted molar refractivity (Wildman–Crippen MR) is 64.7 cm³/mol. The van der Waals surface area contributed by atoms with Crippen LogP contribution in [-0.2, 0) is 20.9 Å². The van der Waals surface area contributed by atoms with Gasteiger partial charge < -0.3 is 14.2 Å². The molecule has 1 rings (SSSR count). The lowest BCUT2D eigenvalue weighted by Gasteiger charge is -2.09. The Morgan fingerprint density at radius 3 is 2.50 bits per heavy atom. The molecule has 0 bridgehead atoms. The molecule has 0 atom stereocenters. The van der Waals surface area contributed by atoms with E-state index in [4.69, 9.17) is 9.47 Å². The number of benzene rings is 1. The molecule has 5 nitrogen and oxygen atoms in total. The highest BCUT2D eigenvalue weighted by atomic mass is 16.5. The van der Waals surface area contributed by atoms with Gasteiger partial charge in [0.25, 0.3) is 5.78 Å². The normalized spacial score (nSPS) is 9.94. The lowest BCUT2D eigenvalue weighted by Crippen LogP contribution is -2.17. The van der Waals surface area contributed by atoms with E-state index in [2.05, 4.69) is 4.74 Å². The standard InChI is InChI=1S/C13H16O5/c1-4-18-13(15)12(14)9-5-6-10(8-16-2)11(7-9)17-3/h5-7H,4,8H2,1-3H3. The van der Waals surface area contributed by atoms with Crippen molar-refractivity contribution < 1.29 is 23.8 Å². The van der Waals surface area contributed by atoms with E-state index in [-0.39, 0.29) is 12.2 Å². The molecule has 98 valence electrons. The third-order valence-electron chi connectivity index (χ3n) is 2.31. The Balaban J connectivity index is 2.97. The fourth-order valence-corrected chi connectivity index (χ4v) is 1.48. The molecule has 0 unspecified atom stereocenters. The molecule has 0 radical (unpaired) electrons. The highest BCUT2D eigenvalue weighted by molar-refractivity contribution is 6.40. The second-order valence-electron chi connectivity index (χ2n) is 3.51. The monoisotopic (exact) mass is 252 g/mol. The SMILES string of the molecule is CCOC(=O)C(=O)c1ccc(COC)c(OC)c1. The van der Waals surface area contributed by atoms with E-state index < -0.39 is 11.8 Å². The van der Waals surface area contributed by atoms with E-state index in [1.165, 1.54) is 13.2 Å². The summed E-state index contributed by atoms with van der Waals surface area (Å²) < 4.78 is 14.8. The van der Waals surface area contributed by atoms with E-state index in [9.17, 15) is 9.59 Å². The van der Waals surface area contributed by atoms with Crippen molar-refractivity contribution in [2.75, 3.05) is 20.8 Å². The number of Topliss-reactive ketones (excluding diaryl/α,β-unsaturated/α-hetero) is 1. The van der Waals surface area contributed by atoms with Gasteiger partial charge in [-0.25, -0.2) is 4.79 Å². The van der Waals surface area contributed by atoms with Gasteiger partial charge in [0.05, 0.1) is 20.3 Å². The van der Waals surface area contributed by atoms with Crippen LogP contribution in [0.1, 0.15) is 22.8 Å². The van der Waals surface area contributed by atoms with Crippen molar-refractivity contribution in [3.05, 3.63) is 29.3 Å². The van der Waals surface area contributed by atoms with Crippen LogP contribution in [-0.4, -0.2) is 32.6 Å². The van der Waals surface area contributed by atoms with Crippen molar-refractivity contribution >= 4 is 11.8 Å². The van der Waals surface area contributed by atoms with E-state index in [1.807, 2.05) is 0 Å². The second-order valence-corrected chi connectivity index (χ2v) is 3.51. The molecule has 0 spiro atoms. The van der Waals surface area contributed by atoms with Gasteiger partial charge in [-0.2, -0.15) is 0 Å². The average molecular weight is 252 g/mol. The first-order valence-corrected chi connectivity index (χ1v) is 5.51. The van der Waals surface area contributed by atoms with E-state index in [0.717, 1.165) is 5.56 Å². The maximum atomic E-state index is 11.7. The fraction of sp³-hybridized carbons (Fsp3) is 0.385. The van der Waals surface area contributed by atoms with E-state index >= 15 is 0 Å². The molecule has 0 saturated carbocycles. The van der Waals surface area contributed by atoms with E-state index in [1.54, 1.807) is 26.2 Å². The molecule has 0 aromatic heterocycles. The molecule has 0 aliphatic rings. The van der Waals surface area contributed by atoms with Crippen molar-refractivity contribution in [1.29, 1.82) is 0 Å². The topological polar surface area (TPSA) is 61.8 Å². The maximum Gasteiger partial charge on any atom is 0.379 e. The van der Waals surface area contributed by atoms with Crippen molar-refractivity contribution in [3.8, 4) is 5.75 Å². The molecule has 0 heterocycles. The number of carbonyl (C=O) groups is 2. The summed E-state index contributed by atoms with van der Waals surface area (Å²) in [6.07, 6.45) is 0. The van der Waals surface area contributed by atoms with Crippen LogP contribution in [0.2, 0.25) is 0 Å². The summed E-state index contributed by atoms with van der Waals surface area (Å²) in [4.78, 5) is 23.0. The van der Waals surface area contributed by atoms with Gasteiger partial charge in [0, 0.05) is 18.2 Å². The van der Waals surface area contributed by atoms with Crippen LogP contribution in [0.3, 0.4) is 0 Å². The Labute approximate surface area is 106 Å². The van der Waals surface area contributed by atoms with Crippen LogP contribution >= 0.6 is 0 Å². The second kappa shape index (κ2) is 6.76. The van der Waals surface area contributed by atoms with Gasteiger partial charge in [-0.05, 0) is 13.0 Å². The first kappa shape index (κ1) is 14.2.